The highest BCUT2D eigenvalue weighted by Gasteiger charge is 2.15. The largest absolute Gasteiger partial charge is 0.508 e. The van der Waals surface area contributed by atoms with Crippen molar-refractivity contribution in [2.75, 3.05) is 5.75 Å². The van der Waals surface area contributed by atoms with Gasteiger partial charge in [-0.15, -0.1) is 0 Å². The lowest BCUT2D eigenvalue weighted by molar-refractivity contribution is 0.351. The smallest absolute Gasteiger partial charge is 0.243 e. The molecule has 1 aromatic carbocycles. The molecule has 0 spiro atoms. The number of thioether (sulfide) groups is 1. The summed E-state index contributed by atoms with van der Waals surface area (Å²) in [5, 5.41) is 13.1. The summed E-state index contributed by atoms with van der Waals surface area (Å²) in [5.41, 5.74) is 7.06. The molecule has 19 heavy (non-hydrogen) atoms. The zero-order valence-electron chi connectivity index (χ0n) is 10.7. The summed E-state index contributed by atoms with van der Waals surface area (Å²) in [6.45, 7) is 2.09. The minimum Gasteiger partial charge on any atom is -0.508 e. The van der Waals surface area contributed by atoms with E-state index in [2.05, 4.69) is 17.1 Å². The molecule has 102 valence electrons. The fourth-order valence-electron chi connectivity index (χ4n) is 1.64. The minimum atomic E-state index is -0.322. The zero-order chi connectivity index (χ0) is 13.7. The van der Waals surface area contributed by atoms with Crippen LogP contribution in [0.5, 0.6) is 5.75 Å². The van der Waals surface area contributed by atoms with Gasteiger partial charge in [-0.2, -0.15) is 16.7 Å². The molecule has 0 aliphatic carbocycles. The highest BCUT2D eigenvalue weighted by molar-refractivity contribution is 7.98. The molecular formula is C13H17N3O2S. The highest BCUT2D eigenvalue weighted by Crippen LogP contribution is 2.18. The number of rotatable bonds is 6. The Morgan fingerprint density at radius 3 is 2.79 bits per heavy atom. The summed E-state index contributed by atoms with van der Waals surface area (Å²) in [4.78, 5) is 4.29. The molecule has 0 aliphatic rings. The third-order valence-corrected chi connectivity index (χ3v) is 3.50. The van der Waals surface area contributed by atoms with E-state index in [0.29, 0.717) is 18.1 Å². The monoisotopic (exact) mass is 279 g/mol. The Kier molecular flexibility index (Phi) is 4.81. The normalized spacial score (nSPS) is 12.5. The van der Waals surface area contributed by atoms with Crippen LogP contribution in [-0.2, 0) is 12.2 Å². The van der Waals surface area contributed by atoms with Crippen LogP contribution in [0.1, 0.15) is 30.2 Å². The Morgan fingerprint density at radius 2 is 2.11 bits per heavy atom. The van der Waals surface area contributed by atoms with Gasteiger partial charge in [-0.1, -0.05) is 24.2 Å². The van der Waals surface area contributed by atoms with Crippen molar-refractivity contribution in [1.82, 2.24) is 10.1 Å². The van der Waals surface area contributed by atoms with Crippen LogP contribution in [0.25, 0.3) is 0 Å². The molecule has 1 atom stereocenters. The van der Waals surface area contributed by atoms with Gasteiger partial charge in [-0.3, -0.25) is 0 Å². The number of phenols is 1. The van der Waals surface area contributed by atoms with Crippen LogP contribution >= 0.6 is 11.8 Å². The lowest BCUT2D eigenvalue weighted by Gasteiger charge is -2.06. The van der Waals surface area contributed by atoms with Crippen molar-refractivity contribution in [1.29, 1.82) is 0 Å². The van der Waals surface area contributed by atoms with E-state index >= 15 is 0 Å². The molecule has 0 saturated heterocycles. The predicted molar refractivity (Wildman–Crippen MR) is 74.9 cm³/mol. The number of benzene rings is 1. The fraction of sp³-hybridized carbons (Fsp3) is 0.385. The number of hydrogen-bond acceptors (Lipinski definition) is 6. The second-order valence-electron chi connectivity index (χ2n) is 4.16. The van der Waals surface area contributed by atoms with Crippen LogP contribution in [0, 0.1) is 0 Å². The van der Waals surface area contributed by atoms with Crippen LogP contribution in [0.2, 0.25) is 0 Å². The van der Waals surface area contributed by atoms with Gasteiger partial charge < -0.3 is 15.4 Å². The third-order valence-electron chi connectivity index (χ3n) is 2.63. The maximum absolute atomic E-state index is 9.22. The number of aromatic nitrogens is 2. The number of phenolic OH excluding ortho intramolecular Hbond substituents is 1. The topological polar surface area (TPSA) is 85.2 Å². The average molecular weight is 279 g/mol. The molecule has 2 aromatic rings. The molecule has 3 N–H and O–H groups in total. The molecular weight excluding hydrogens is 262 g/mol. The van der Waals surface area contributed by atoms with E-state index < -0.39 is 0 Å². The van der Waals surface area contributed by atoms with Gasteiger partial charge >= 0.3 is 0 Å². The first-order chi connectivity index (χ1) is 9.19. The first-order valence-electron chi connectivity index (χ1n) is 6.12. The first-order valence-corrected chi connectivity index (χ1v) is 7.28. The molecule has 0 saturated carbocycles. The summed E-state index contributed by atoms with van der Waals surface area (Å²) >= 11 is 1.74. The standard InChI is InChI=1S/C13H17N3O2S/c1-2-19-8-12-15-13(18-16-12)11(14)7-9-3-5-10(17)6-4-9/h3-6,11,17H,2,7-8,14H2,1H3. The Labute approximate surface area is 116 Å². The Hall–Kier alpha value is -1.53. The van der Waals surface area contributed by atoms with E-state index in [-0.39, 0.29) is 11.8 Å². The SMILES string of the molecule is CCSCc1noc(C(N)Cc2ccc(O)cc2)n1. The van der Waals surface area contributed by atoms with Crippen molar-refractivity contribution in [3.63, 3.8) is 0 Å². The third kappa shape index (κ3) is 3.97. The summed E-state index contributed by atoms with van der Waals surface area (Å²) in [6.07, 6.45) is 0.600. The van der Waals surface area contributed by atoms with E-state index in [1.807, 2.05) is 12.1 Å². The summed E-state index contributed by atoms with van der Waals surface area (Å²) < 4.78 is 5.17. The van der Waals surface area contributed by atoms with Crippen molar-refractivity contribution in [2.24, 2.45) is 5.73 Å². The molecule has 0 aliphatic heterocycles. The molecule has 0 amide bonds. The summed E-state index contributed by atoms with van der Waals surface area (Å²) in [7, 11) is 0. The quantitative estimate of drug-likeness (QED) is 0.843. The molecule has 5 nitrogen and oxygen atoms in total. The second kappa shape index (κ2) is 6.58. The van der Waals surface area contributed by atoms with Crippen LogP contribution in [0.4, 0.5) is 0 Å². The average Bonchev–Trinajstić information content (AvgIpc) is 2.88. The van der Waals surface area contributed by atoms with Crippen LogP contribution in [-0.4, -0.2) is 21.0 Å². The number of aromatic hydroxyl groups is 1. The van der Waals surface area contributed by atoms with Crippen molar-refractivity contribution in [3.05, 3.63) is 41.5 Å². The van der Waals surface area contributed by atoms with Gasteiger partial charge in [-0.05, 0) is 29.9 Å². The van der Waals surface area contributed by atoms with Crippen molar-refractivity contribution < 1.29 is 9.63 Å². The molecule has 0 radical (unpaired) electrons. The highest BCUT2D eigenvalue weighted by atomic mass is 32.2. The molecule has 2 rings (SSSR count). The van der Waals surface area contributed by atoms with E-state index in [9.17, 15) is 5.11 Å². The van der Waals surface area contributed by atoms with Crippen LogP contribution < -0.4 is 5.73 Å². The summed E-state index contributed by atoms with van der Waals surface area (Å²) in [6, 6.07) is 6.62. The van der Waals surface area contributed by atoms with Gasteiger partial charge in [0.2, 0.25) is 5.89 Å². The first kappa shape index (κ1) is 13.9. The molecule has 1 unspecified atom stereocenters. The number of nitrogens with zero attached hydrogens (tertiary/aromatic N) is 2. The van der Waals surface area contributed by atoms with Gasteiger partial charge in [0, 0.05) is 0 Å². The molecule has 1 heterocycles. The van der Waals surface area contributed by atoms with Crippen molar-refractivity contribution in [2.45, 2.75) is 25.1 Å². The lowest BCUT2D eigenvalue weighted by Crippen LogP contribution is -2.13. The summed E-state index contributed by atoms with van der Waals surface area (Å²) in [5.74, 6) is 3.15. The van der Waals surface area contributed by atoms with Gasteiger partial charge in [0.05, 0.1) is 11.8 Å². The van der Waals surface area contributed by atoms with Gasteiger partial charge in [0.25, 0.3) is 0 Å². The molecule has 1 aromatic heterocycles. The Balaban J connectivity index is 1.97. The van der Waals surface area contributed by atoms with E-state index in [1.165, 1.54) is 0 Å². The Bertz CT molecular complexity index is 513. The van der Waals surface area contributed by atoms with Crippen LogP contribution in [0.3, 0.4) is 0 Å². The van der Waals surface area contributed by atoms with Crippen LogP contribution in [0.15, 0.2) is 28.8 Å². The Morgan fingerprint density at radius 1 is 1.37 bits per heavy atom. The lowest BCUT2D eigenvalue weighted by atomic mass is 10.1. The molecule has 0 fully saturated rings. The predicted octanol–water partition coefficient (Wildman–Crippen LogP) is 2.27. The van der Waals surface area contributed by atoms with Gasteiger partial charge in [-0.25, -0.2) is 0 Å². The van der Waals surface area contributed by atoms with Gasteiger partial charge in [0.1, 0.15) is 5.75 Å². The van der Waals surface area contributed by atoms with Gasteiger partial charge in [0.15, 0.2) is 5.82 Å². The van der Waals surface area contributed by atoms with E-state index in [1.54, 1.807) is 23.9 Å². The maximum atomic E-state index is 9.22. The number of nitrogens with two attached hydrogens (primary N) is 1. The molecule has 0 bridgehead atoms. The zero-order valence-corrected chi connectivity index (χ0v) is 11.6. The van der Waals surface area contributed by atoms with Crippen molar-refractivity contribution in [3.8, 4) is 5.75 Å². The van der Waals surface area contributed by atoms with E-state index in [0.717, 1.165) is 17.1 Å². The van der Waals surface area contributed by atoms with E-state index in [4.69, 9.17) is 10.3 Å². The number of hydrogen-bond donors (Lipinski definition) is 2. The van der Waals surface area contributed by atoms with Crippen molar-refractivity contribution >= 4 is 11.8 Å². The minimum absolute atomic E-state index is 0.244. The second-order valence-corrected chi connectivity index (χ2v) is 5.44. The molecule has 6 heteroatoms. The fourth-order valence-corrected chi connectivity index (χ4v) is 2.15. The maximum Gasteiger partial charge on any atom is 0.243 e.